The first-order valence-electron chi connectivity index (χ1n) is 7.03. The lowest BCUT2D eigenvalue weighted by Crippen LogP contribution is -2.17. The predicted molar refractivity (Wildman–Crippen MR) is 81.0 cm³/mol. The Hall–Kier alpha value is -2.43. The van der Waals surface area contributed by atoms with Gasteiger partial charge in [-0.3, -0.25) is 14.9 Å². The number of rotatable bonds is 6. The number of nitro groups is 1. The van der Waals surface area contributed by atoms with Crippen LogP contribution in [0.4, 0.5) is 0 Å². The summed E-state index contributed by atoms with van der Waals surface area (Å²) in [5, 5.41) is 11.4. The SMILES string of the molecule is CCCCc1cc(C(c2ccccc2)[N+](=O)[O-])cc(=O)[nH]1. The molecule has 0 aliphatic rings. The van der Waals surface area contributed by atoms with Gasteiger partial charge in [-0.15, -0.1) is 0 Å². The number of H-pyrrole nitrogens is 1. The topological polar surface area (TPSA) is 76.0 Å². The van der Waals surface area contributed by atoms with Gasteiger partial charge in [0, 0.05) is 27.8 Å². The van der Waals surface area contributed by atoms with E-state index in [2.05, 4.69) is 11.9 Å². The lowest BCUT2D eigenvalue weighted by Gasteiger charge is -2.11. The van der Waals surface area contributed by atoms with Crippen LogP contribution in [0.1, 0.15) is 42.6 Å². The molecule has 1 aromatic heterocycles. The van der Waals surface area contributed by atoms with Crippen LogP contribution in [0.25, 0.3) is 0 Å². The van der Waals surface area contributed by atoms with Crippen LogP contribution < -0.4 is 5.56 Å². The number of unbranched alkanes of at least 4 members (excludes halogenated alkanes) is 1. The molecule has 5 heteroatoms. The third kappa shape index (κ3) is 3.78. The maximum Gasteiger partial charge on any atom is 0.263 e. The molecule has 1 aromatic carbocycles. The highest BCUT2D eigenvalue weighted by Gasteiger charge is 2.25. The number of aromatic nitrogens is 1. The first-order valence-corrected chi connectivity index (χ1v) is 7.03. The number of pyridine rings is 1. The molecule has 1 N–H and O–H groups in total. The fourth-order valence-corrected chi connectivity index (χ4v) is 2.36. The Bertz CT molecular complexity index is 665. The van der Waals surface area contributed by atoms with Gasteiger partial charge in [-0.25, -0.2) is 0 Å². The number of hydrogen-bond donors (Lipinski definition) is 1. The summed E-state index contributed by atoms with van der Waals surface area (Å²) in [6.07, 6.45) is 2.66. The highest BCUT2D eigenvalue weighted by atomic mass is 16.6. The Morgan fingerprint density at radius 2 is 1.90 bits per heavy atom. The zero-order valence-electron chi connectivity index (χ0n) is 11.9. The van der Waals surface area contributed by atoms with Crippen molar-refractivity contribution in [1.82, 2.24) is 4.98 Å². The quantitative estimate of drug-likeness (QED) is 0.655. The Labute approximate surface area is 122 Å². The van der Waals surface area contributed by atoms with Gasteiger partial charge in [0.25, 0.3) is 6.04 Å². The van der Waals surface area contributed by atoms with Gasteiger partial charge in [-0.05, 0) is 18.9 Å². The van der Waals surface area contributed by atoms with E-state index in [1.165, 1.54) is 6.07 Å². The molecule has 2 rings (SSSR count). The van der Waals surface area contributed by atoms with Crippen LogP contribution in [0, 0.1) is 10.1 Å². The van der Waals surface area contributed by atoms with Gasteiger partial charge in [0.15, 0.2) is 0 Å². The molecule has 0 fully saturated rings. The number of nitrogens with zero attached hydrogens (tertiary/aromatic N) is 1. The summed E-state index contributed by atoms with van der Waals surface area (Å²) in [4.78, 5) is 25.6. The monoisotopic (exact) mass is 286 g/mol. The molecule has 2 aromatic rings. The molecule has 0 aliphatic heterocycles. The van der Waals surface area contributed by atoms with E-state index >= 15 is 0 Å². The molecule has 1 atom stereocenters. The maximum absolute atomic E-state index is 11.8. The molecule has 0 spiro atoms. The van der Waals surface area contributed by atoms with Crippen molar-refractivity contribution in [1.29, 1.82) is 0 Å². The van der Waals surface area contributed by atoms with Crippen molar-refractivity contribution in [3.63, 3.8) is 0 Å². The van der Waals surface area contributed by atoms with E-state index in [1.54, 1.807) is 30.3 Å². The molecular weight excluding hydrogens is 268 g/mol. The lowest BCUT2D eigenvalue weighted by atomic mass is 9.99. The second-order valence-electron chi connectivity index (χ2n) is 5.01. The van der Waals surface area contributed by atoms with Crippen LogP contribution in [-0.2, 0) is 6.42 Å². The molecule has 5 nitrogen and oxygen atoms in total. The highest BCUT2D eigenvalue weighted by Crippen LogP contribution is 2.24. The number of hydrogen-bond acceptors (Lipinski definition) is 3. The van der Waals surface area contributed by atoms with Gasteiger partial charge in [0.05, 0.1) is 0 Å². The summed E-state index contributed by atoms with van der Waals surface area (Å²) in [7, 11) is 0. The summed E-state index contributed by atoms with van der Waals surface area (Å²) >= 11 is 0. The zero-order valence-corrected chi connectivity index (χ0v) is 11.9. The number of nitrogens with one attached hydrogen (secondary N) is 1. The predicted octanol–water partition coefficient (Wildman–Crippen LogP) is 3.08. The second kappa shape index (κ2) is 6.83. The van der Waals surface area contributed by atoms with Gasteiger partial charge in [-0.2, -0.15) is 0 Å². The van der Waals surface area contributed by atoms with Crippen molar-refractivity contribution < 1.29 is 4.92 Å². The average molecular weight is 286 g/mol. The summed E-state index contributed by atoms with van der Waals surface area (Å²) in [6, 6.07) is 10.8. The van der Waals surface area contributed by atoms with Gasteiger partial charge in [0.1, 0.15) is 0 Å². The lowest BCUT2D eigenvalue weighted by molar-refractivity contribution is -0.517. The van der Waals surface area contributed by atoms with Crippen LogP contribution in [0.3, 0.4) is 0 Å². The van der Waals surface area contributed by atoms with Crippen molar-refractivity contribution >= 4 is 0 Å². The molecular formula is C16H18N2O3. The number of benzene rings is 1. The molecule has 0 radical (unpaired) electrons. The van der Waals surface area contributed by atoms with Crippen LogP contribution in [0.5, 0.6) is 0 Å². The molecule has 0 bridgehead atoms. The smallest absolute Gasteiger partial charge is 0.263 e. The molecule has 0 saturated carbocycles. The summed E-state index contributed by atoms with van der Waals surface area (Å²) in [6.45, 7) is 2.06. The van der Waals surface area contributed by atoms with Crippen LogP contribution in [0.15, 0.2) is 47.3 Å². The Morgan fingerprint density at radius 1 is 1.19 bits per heavy atom. The van der Waals surface area contributed by atoms with Crippen molar-refractivity contribution in [2.75, 3.05) is 0 Å². The first-order chi connectivity index (χ1) is 10.1. The van der Waals surface area contributed by atoms with E-state index in [4.69, 9.17) is 0 Å². The van der Waals surface area contributed by atoms with Gasteiger partial charge < -0.3 is 4.98 Å². The van der Waals surface area contributed by atoms with Crippen LogP contribution in [0.2, 0.25) is 0 Å². The number of aryl methyl sites for hydroxylation is 1. The third-order valence-electron chi connectivity index (χ3n) is 3.36. The van der Waals surface area contributed by atoms with Gasteiger partial charge in [-0.1, -0.05) is 43.7 Å². The molecule has 110 valence electrons. The first kappa shape index (κ1) is 15.0. The third-order valence-corrected chi connectivity index (χ3v) is 3.36. The van der Waals surface area contributed by atoms with Crippen molar-refractivity contribution in [3.8, 4) is 0 Å². The van der Waals surface area contributed by atoms with E-state index in [0.717, 1.165) is 25.0 Å². The summed E-state index contributed by atoms with van der Waals surface area (Å²) in [5.41, 5.74) is 1.47. The average Bonchev–Trinajstić information content (AvgIpc) is 2.45. The Morgan fingerprint density at radius 3 is 2.52 bits per heavy atom. The fourth-order valence-electron chi connectivity index (χ4n) is 2.36. The zero-order chi connectivity index (χ0) is 15.2. The van der Waals surface area contributed by atoms with Crippen molar-refractivity contribution in [2.45, 2.75) is 32.2 Å². The minimum atomic E-state index is -1.01. The van der Waals surface area contributed by atoms with Crippen LogP contribution in [-0.4, -0.2) is 9.91 Å². The molecule has 1 unspecified atom stereocenters. The summed E-state index contributed by atoms with van der Waals surface area (Å²) < 4.78 is 0. The van der Waals surface area contributed by atoms with E-state index in [0.29, 0.717) is 11.1 Å². The molecule has 0 saturated heterocycles. The molecule has 1 heterocycles. The summed E-state index contributed by atoms with van der Waals surface area (Å²) in [5.74, 6) is 0. The fraction of sp³-hybridized carbons (Fsp3) is 0.312. The minimum Gasteiger partial charge on any atom is -0.326 e. The molecule has 0 aliphatic carbocycles. The minimum absolute atomic E-state index is 0.290. The molecule has 21 heavy (non-hydrogen) atoms. The van der Waals surface area contributed by atoms with Crippen molar-refractivity contribution in [3.05, 3.63) is 79.8 Å². The van der Waals surface area contributed by atoms with Crippen molar-refractivity contribution in [2.24, 2.45) is 0 Å². The van der Waals surface area contributed by atoms with E-state index < -0.39 is 6.04 Å². The van der Waals surface area contributed by atoms with E-state index in [1.807, 2.05) is 6.07 Å². The standard InChI is InChI=1S/C16H18N2O3/c1-2-3-9-14-10-13(11-15(19)17-14)16(18(20)21)12-7-5-4-6-8-12/h4-8,10-11,16H,2-3,9H2,1H3,(H,17,19). The van der Waals surface area contributed by atoms with Gasteiger partial charge in [0.2, 0.25) is 5.56 Å². The van der Waals surface area contributed by atoms with Crippen LogP contribution >= 0.6 is 0 Å². The largest absolute Gasteiger partial charge is 0.326 e. The Kier molecular flexibility index (Phi) is 4.87. The maximum atomic E-state index is 11.8. The second-order valence-corrected chi connectivity index (χ2v) is 5.01. The Balaban J connectivity index is 2.43. The van der Waals surface area contributed by atoms with E-state index in [9.17, 15) is 14.9 Å². The van der Waals surface area contributed by atoms with Gasteiger partial charge >= 0.3 is 0 Å². The normalized spacial score (nSPS) is 12.0. The highest BCUT2D eigenvalue weighted by molar-refractivity contribution is 5.30. The number of aromatic amines is 1. The molecule has 0 amide bonds. The van der Waals surface area contributed by atoms with E-state index in [-0.39, 0.29) is 10.5 Å².